The minimum Gasteiger partial charge on any atom is -0.372 e. The minimum absolute atomic E-state index is 0.106. The van der Waals surface area contributed by atoms with Crippen molar-refractivity contribution in [1.82, 2.24) is 10.6 Å². The first-order chi connectivity index (χ1) is 11.4. The highest BCUT2D eigenvalue weighted by Crippen LogP contribution is 2.48. The van der Waals surface area contributed by atoms with Crippen LogP contribution in [0.4, 0.5) is 4.79 Å². The molecule has 1 aromatic rings. The molecule has 1 aromatic carbocycles. The summed E-state index contributed by atoms with van der Waals surface area (Å²) < 4.78 is 5.66. The number of rotatable bonds is 5. The molecule has 4 unspecified atom stereocenters. The number of ether oxygens (including phenoxy) is 1. The number of fused-ring (bicyclic) bond motifs is 2. The SMILES string of the molecule is COC(C)(CNC(=O)NC1CC2CCC1[C@@H]2C)c1cccc(Cl)c1. The Balaban J connectivity index is 1.56. The van der Waals surface area contributed by atoms with Crippen molar-refractivity contribution in [2.75, 3.05) is 13.7 Å². The molecule has 2 bridgehead atoms. The van der Waals surface area contributed by atoms with Crippen molar-refractivity contribution in [3.63, 3.8) is 0 Å². The molecule has 5 heteroatoms. The molecular formula is C19H27ClN2O2. The Kier molecular flexibility index (Phi) is 5.07. The van der Waals surface area contributed by atoms with Crippen molar-refractivity contribution in [2.24, 2.45) is 17.8 Å². The predicted molar refractivity (Wildman–Crippen MR) is 96.1 cm³/mol. The van der Waals surface area contributed by atoms with E-state index in [0.29, 0.717) is 23.5 Å². The van der Waals surface area contributed by atoms with Gasteiger partial charge in [0.15, 0.2) is 0 Å². The first-order valence-corrected chi connectivity index (χ1v) is 9.16. The molecular weight excluding hydrogens is 324 g/mol. The molecule has 0 radical (unpaired) electrons. The topological polar surface area (TPSA) is 50.4 Å². The van der Waals surface area contributed by atoms with Crippen molar-refractivity contribution >= 4 is 17.6 Å². The Bertz CT molecular complexity index is 609. The highest BCUT2D eigenvalue weighted by Gasteiger charge is 2.46. The van der Waals surface area contributed by atoms with E-state index in [9.17, 15) is 4.79 Å². The van der Waals surface area contributed by atoms with E-state index < -0.39 is 5.60 Å². The van der Waals surface area contributed by atoms with Crippen LogP contribution in [0.25, 0.3) is 0 Å². The van der Waals surface area contributed by atoms with E-state index in [2.05, 4.69) is 17.6 Å². The molecule has 2 fully saturated rings. The summed E-state index contributed by atoms with van der Waals surface area (Å²) in [6.07, 6.45) is 3.69. The molecule has 5 atom stereocenters. The standard InChI is InChI=1S/C19H27ClN2O2/c1-12-13-7-8-16(12)17(9-13)22-18(23)21-11-19(2,24-3)14-5-4-6-15(20)10-14/h4-6,10,12-13,16-17H,7-9,11H2,1-3H3,(H2,21,22,23)/t12-,13?,16?,17?,19?/m1/s1. The van der Waals surface area contributed by atoms with Gasteiger partial charge in [-0.3, -0.25) is 0 Å². The average Bonchev–Trinajstić information content (AvgIpc) is 3.07. The van der Waals surface area contributed by atoms with Gasteiger partial charge in [-0.25, -0.2) is 4.79 Å². The fourth-order valence-electron chi connectivity index (χ4n) is 4.43. The third-order valence-corrected chi connectivity index (χ3v) is 6.39. The van der Waals surface area contributed by atoms with Gasteiger partial charge >= 0.3 is 6.03 Å². The maximum atomic E-state index is 12.3. The van der Waals surface area contributed by atoms with Crippen LogP contribution in [0.5, 0.6) is 0 Å². The van der Waals surface area contributed by atoms with Gasteiger partial charge in [-0.2, -0.15) is 0 Å². The number of carbonyl (C=O) groups is 1. The van der Waals surface area contributed by atoms with Crippen molar-refractivity contribution in [3.05, 3.63) is 34.9 Å². The second-order valence-corrected chi connectivity index (χ2v) is 7.91. The van der Waals surface area contributed by atoms with Crippen LogP contribution in [0.2, 0.25) is 5.02 Å². The second-order valence-electron chi connectivity index (χ2n) is 7.47. The second kappa shape index (κ2) is 6.93. The first-order valence-electron chi connectivity index (χ1n) is 8.78. The average molecular weight is 351 g/mol. The summed E-state index contributed by atoms with van der Waals surface area (Å²) in [4.78, 5) is 12.3. The number of hydrogen-bond acceptors (Lipinski definition) is 2. The Morgan fingerprint density at radius 2 is 2.21 bits per heavy atom. The zero-order valence-corrected chi connectivity index (χ0v) is 15.4. The van der Waals surface area contributed by atoms with E-state index in [-0.39, 0.29) is 6.03 Å². The quantitative estimate of drug-likeness (QED) is 0.845. The van der Waals surface area contributed by atoms with Gasteiger partial charge in [0.25, 0.3) is 0 Å². The highest BCUT2D eigenvalue weighted by atomic mass is 35.5. The van der Waals surface area contributed by atoms with Crippen LogP contribution in [0.3, 0.4) is 0 Å². The van der Waals surface area contributed by atoms with E-state index >= 15 is 0 Å². The van der Waals surface area contributed by atoms with Gasteiger partial charge in [0.05, 0.1) is 6.54 Å². The van der Waals surface area contributed by atoms with Gasteiger partial charge in [0.2, 0.25) is 0 Å². The number of halogens is 1. The Morgan fingerprint density at radius 3 is 2.79 bits per heavy atom. The van der Waals surface area contributed by atoms with Gasteiger partial charge in [-0.05, 0) is 61.6 Å². The Labute approximate surface area is 149 Å². The molecule has 0 aromatic heterocycles. The number of amides is 2. The number of benzene rings is 1. The zero-order valence-electron chi connectivity index (χ0n) is 14.6. The van der Waals surface area contributed by atoms with Crippen molar-refractivity contribution in [1.29, 1.82) is 0 Å². The smallest absolute Gasteiger partial charge is 0.315 e. The number of urea groups is 1. The maximum absolute atomic E-state index is 12.3. The molecule has 0 heterocycles. The Morgan fingerprint density at radius 1 is 1.42 bits per heavy atom. The largest absolute Gasteiger partial charge is 0.372 e. The van der Waals surface area contributed by atoms with E-state index in [0.717, 1.165) is 23.8 Å². The maximum Gasteiger partial charge on any atom is 0.315 e. The fraction of sp³-hybridized carbons (Fsp3) is 0.632. The lowest BCUT2D eigenvalue weighted by Crippen LogP contribution is -2.48. The predicted octanol–water partition coefficient (Wildman–Crippen LogP) is 3.94. The first kappa shape index (κ1) is 17.6. The van der Waals surface area contributed by atoms with Crippen LogP contribution >= 0.6 is 11.6 Å². The van der Waals surface area contributed by atoms with Crippen LogP contribution in [0.15, 0.2) is 24.3 Å². The monoisotopic (exact) mass is 350 g/mol. The van der Waals surface area contributed by atoms with E-state index in [4.69, 9.17) is 16.3 Å². The molecule has 24 heavy (non-hydrogen) atoms. The molecule has 132 valence electrons. The normalized spacial score (nSPS) is 30.8. The van der Waals surface area contributed by atoms with Crippen LogP contribution in [0.1, 0.15) is 38.7 Å². The molecule has 0 aliphatic heterocycles. The van der Waals surface area contributed by atoms with Gasteiger partial charge in [0, 0.05) is 18.2 Å². The van der Waals surface area contributed by atoms with E-state index in [1.807, 2.05) is 31.2 Å². The third-order valence-electron chi connectivity index (χ3n) is 6.15. The fourth-order valence-corrected chi connectivity index (χ4v) is 4.62. The summed E-state index contributed by atoms with van der Waals surface area (Å²) in [6.45, 7) is 4.67. The summed E-state index contributed by atoms with van der Waals surface area (Å²) in [5.41, 5.74) is 0.343. The van der Waals surface area contributed by atoms with Crippen LogP contribution < -0.4 is 10.6 Å². The Hall–Kier alpha value is -1.26. The molecule has 4 nitrogen and oxygen atoms in total. The number of carbonyl (C=O) groups excluding carboxylic acids is 1. The minimum atomic E-state index is -0.607. The van der Waals surface area contributed by atoms with Crippen molar-refractivity contribution in [2.45, 2.75) is 44.8 Å². The summed E-state index contributed by atoms with van der Waals surface area (Å²) in [6, 6.07) is 7.78. The van der Waals surface area contributed by atoms with Crippen molar-refractivity contribution in [3.8, 4) is 0 Å². The van der Waals surface area contributed by atoms with E-state index in [1.165, 1.54) is 12.8 Å². The molecule has 2 N–H and O–H groups in total. The van der Waals surface area contributed by atoms with Crippen LogP contribution in [0, 0.1) is 17.8 Å². The molecule has 0 saturated heterocycles. The molecule has 0 spiro atoms. The molecule has 2 aliphatic rings. The lowest BCUT2D eigenvalue weighted by Gasteiger charge is -2.30. The summed E-state index contributed by atoms with van der Waals surface area (Å²) >= 11 is 6.08. The highest BCUT2D eigenvalue weighted by molar-refractivity contribution is 6.30. The number of nitrogens with one attached hydrogen (secondary N) is 2. The summed E-state index contributed by atoms with van der Waals surface area (Å²) in [7, 11) is 1.65. The molecule has 2 saturated carbocycles. The van der Waals surface area contributed by atoms with Crippen molar-refractivity contribution < 1.29 is 9.53 Å². The summed E-state index contributed by atoms with van der Waals surface area (Å²) in [5, 5.41) is 6.81. The third kappa shape index (κ3) is 3.40. The van der Waals surface area contributed by atoms with Gasteiger partial charge in [-0.15, -0.1) is 0 Å². The van der Waals surface area contributed by atoms with Gasteiger partial charge < -0.3 is 15.4 Å². The molecule has 2 amide bonds. The summed E-state index contributed by atoms with van der Waals surface area (Å²) in [5.74, 6) is 2.17. The zero-order chi connectivity index (χ0) is 17.3. The van der Waals surface area contributed by atoms with Crippen LogP contribution in [-0.2, 0) is 10.3 Å². The van der Waals surface area contributed by atoms with Gasteiger partial charge in [0.1, 0.15) is 5.60 Å². The molecule has 2 aliphatic carbocycles. The number of methoxy groups -OCH3 is 1. The number of hydrogen-bond donors (Lipinski definition) is 2. The van der Waals surface area contributed by atoms with Crippen LogP contribution in [-0.4, -0.2) is 25.7 Å². The van der Waals surface area contributed by atoms with E-state index in [1.54, 1.807) is 7.11 Å². The van der Waals surface area contributed by atoms with Gasteiger partial charge in [-0.1, -0.05) is 30.7 Å². The lowest BCUT2D eigenvalue weighted by atomic mass is 9.95. The lowest BCUT2D eigenvalue weighted by molar-refractivity contribution is 0.00477. The molecule has 3 rings (SSSR count).